The number of hydrogen-bond donors (Lipinski definition) is 0. The molecule has 0 saturated heterocycles. The van der Waals surface area contributed by atoms with Crippen LogP contribution >= 0.6 is 0 Å². The van der Waals surface area contributed by atoms with Gasteiger partial charge >= 0.3 is 5.97 Å². The third-order valence-corrected chi connectivity index (χ3v) is 4.79. The lowest BCUT2D eigenvalue weighted by Crippen LogP contribution is -2.02. The largest absolute Gasteiger partial charge is 0.463 e. The molecule has 6 nitrogen and oxygen atoms in total. The van der Waals surface area contributed by atoms with Gasteiger partial charge in [-0.3, -0.25) is 4.98 Å². The fraction of sp³-hybridized carbons (Fsp3) is 0.167. The topological polar surface area (TPSA) is 69.9 Å². The van der Waals surface area contributed by atoms with E-state index < -0.39 is 5.97 Å². The molecule has 3 aromatic heterocycles. The van der Waals surface area contributed by atoms with E-state index in [0.717, 1.165) is 39.0 Å². The van der Waals surface area contributed by atoms with Crippen molar-refractivity contribution in [3.05, 3.63) is 72.7 Å². The summed E-state index contributed by atoms with van der Waals surface area (Å²) >= 11 is 0. The van der Waals surface area contributed by atoms with Gasteiger partial charge in [-0.15, -0.1) is 0 Å². The zero-order valence-corrected chi connectivity index (χ0v) is 16.9. The van der Waals surface area contributed by atoms with E-state index in [9.17, 15) is 4.79 Å². The van der Waals surface area contributed by atoms with Crippen molar-refractivity contribution in [2.75, 3.05) is 6.61 Å². The third kappa shape index (κ3) is 3.72. The van der Waals surface area contributed by atoms with Crippen LogP contribution in [0.1, 0.15) is 19.4 Å². The summed E-state index contributed by atoms with van der Waals surface area (Å²) in [5, 5.41) is 5.43. The van der Waals surface area contributed by atoms with Crippen molar-refractivity contribution in [2.24, 2.45) is 0 Å². The van der Waals surface area contributed by atoms with E-state index >= 15 is 0 Å². The maximum absolute atomic E-state index is 12.1. The highest BCUT2D eigenvalue weighted by atomic mass is 16.5. The Morgan fingerprint density at radius 3 is 2.57 bits per heavy atom. The summed E-state index contributed by atoms with van der Waals surface area (Å²) in [6.45, 7) is 4.85. The molecule has 0 amide bonds. The SMILES string of the molecule is CCOC(=O)/C=C/c1c(-c2ccccc2)nc2c(cnn2CC)c1-c1cccnc1. The number of aryl methyl sites for hydroxylation is 1. The second-order valence-electron chi connectivity index (χ2n) is 6.64. The Hall–Kier alpha value is -3.80. The van der Waals surface area contributed by atoms with Crippen molar-refractivity contribution in [1.82, 2.24) is 19.7 Å². The van der Waals surface area contributed by atoms with Gasteiger partial charge in [0.2, 0.25) is 0 Å². The quantitative estimate of drug-likeness (QED) is 0.346. The first-order valence-electron chi connectivity index (χ1n) is 9.93. The second kappa shape index (κ2) is 8.69. The first kappa shape index (κ1) is 19.5. The van der Waals surface area contributed by atoms with E-state index in [1.54, 1.807) is 19.2 Å². The lowest BCUT2D eigenvalue weighted by molar-refractivity contribution is -0.137. The Labute approximate surface area is 174 Å². The van der Waals surface area contributed by atoms with Gasteiger partial charge in [-0.05, 0) is 26.0 Å². The van der Waals surface area contributed by atoms with Crippen molar-refractivity contribution in [2.45, 2.75) is 20.4 Å². The predicted molar refractivity (Wildman–Crippen MR) is 118 cm³/mol. The highest BCUT2D eigenvalue weighted by molar-refractivity contribution is 6.02. The van der Waals surface area contributed by atoms with Crippen LogP contribution in [0.3, 0.4) is 0 Å². The highest BCUT2D eigenvalue weighted by Crippen LogP contribution is 2.37. The van der Waals surface area contributed by atoms with Crippen LogP contribution in [0, 0.1) is 0 Å². The molecule has 0 atom stereocenters. The van der Waals surface area contributed by atoms with Crippen LogP contribution in [-0.4, -0.2) is 32.3 Å². The first-order chi connectivity index (χ1) is 14.7. The molecule has 0 N–H and O–H groups in total. The molecule has 150 valence electrons. The average Bonchev–Trinajstić information content (AvgIpc) is 3.20. The number of fused-ring (bicyclic) bond motifs is 1. The second-order valence-corrected chi connectivity index (χ2v) is 6.64. The lowest BCUT2D eigenvalue weighted by atomic mass is 9.94. The molecule has 0 radical (unpaired) electrons. The van der Waals surface area contributed by atoms with Crippen LogP contribution in [0.25, 0.3) is 39.5 Å². The van der Waals surface area contributed by atoms with Gasteiger partial charge in [0.05, 0.1) is 18.5 Å². The minimum absolute atomic E-state index is 0.324. The van der Waals surface area contributed by atoms with Crippen molar-refractivity contribution in [3.8, 4) is 22.4 Å². The van der Waals surface area contributed by atoms with Crippen molar-refractivity contribution < 1.29 is 9.53 Å². The fourth-order valence-electron chi connectivity index (χ4n) is 3.48. The smallest absolute Gasteiger partial charge is 0.330 e. The van der Waals surface area contributed by atoms with Gasteiger partial charge in [0, 0.05) is 52.7 Å². The van der Waals surface area contributed by atoms with Gasteiger partial charge in [0.1, 0.15) is 0 Å². The number of nitrogens with zero attached hydrogens (tertiary/aromatic N) is 4. The number of carbonyl (C=O) groups is 1. The van der Waals surface area contributed by atoms with Gasteiger partial charge < -0.3 is 4.74 Å². The molecule has 6 heteroatoms. The summed E-state index contributed by atoms with van der Waals surface area (Å²) in [5.74, 6) is -0.391. The molecule has 0 fully saturated rings. The zero-order chi connectivity index (χ0) is 20.9. The summed E-state index contributed by atoms with van der Waals surface area (Å²) in [6.07, 6.45) is 8.60. The van der Waals surface area contributed by atoms with E-state index in [1.165, 1.54) is 6.08 Å². The minimum Gasteiger partial charge on any atom is -0.463 e. The maximum Gasteiger partial charge on any atom is 0.330 e. The molecule has 3 heterocycles. The van der Waals surface area contributed by atoms with E-state index in [-0.39, 0.29) is 0 Å². The number of esters is 1. The monoisotopic (exact) mass is 398 g/mol. The lowest BCUT2D eigenvalue weighted by Gasteiger charge is -2.14. The van der Waals surface area contributed by atoms with Gasteiger partial charge in [-0.2, -0.15) is 5.10 Å². The summed E-state index contributed by atoms with van der Waals surface area (Å²) in [7, 11) is 0. The van der Waals surface area contributed by atoms with Crippen LogP contribution in [0.2, 0.25) is 0 Å². The number of aromatic nitrogens is 4. The number of ether oxygens (including phenoxy) is 1. The van der Waals surface area contributed by atoms with Crippen LogP contribution in [0.4, 0.5) is 0 Å². The Morgan fingerprint density at radius 2 is 1.87 bits per heavy atom. The molecule has 0 unspecified atom stereocenters. The Morgan fingerprint density at radius 1 is 1.07 bits per heavy atom. The van der Waals surface area contributed by atoms with Gasteiger partial charge in [-0.25, -0.2) is 14.5 Å². The normalized spacial score (nSPS) is 11.3. The first-order valence-corrected chi connectivity index (χ1v) is 9.93. The number of pyridine rings is 2. The average molecular weight is 398 g/mol. The molecular weight excluding hydrogens is 376 g/mol. The molecule has 0 aliphatic rings. The molecule has 0 bridgehead atoms. The molecule has 0 saturated carbocycles. The molecule has 0 aliphatic carbocycles. The van der Waals surface area contributed by atoms with Crippen molar-refractivity contribution in [3.63, 3.8) is 0 Å². The highest BCUT2D eigenvalue weighted by Gasteiger charge is 2.19. The maximum atomic E-state index is 12.1. The molecule has 0 spiro atoms. The predicted octanol–water partition coefficient (Wildman–Crippen LogP) is 4.76. The van der Waals surface area contributed by atoms with Gasteiger partial charge in [0.15, 0.2) is 5.65 Å². The number of benzene rings is 1. The summed E-state index contributed by atoms with van der Waals surface area (Å²) < 4.78 is 6.96. The van der Waals surface area contributed by atoms with E-state index in [4.69, 9.17) is 9.72 Å². The summed E-state index contributed by atoms with van der Waals surface area (Å²) in [6, 6.07) is 13.8. The third-order valence-electron chi connectivity index (χ3n) is 4.79. The van der Waals surface area contributed by atoms with Crippen molar-refractivity contribution >= 4 is 23.1 Å². The molecule has 4 rings (SSSR count). The zero-order valence-electron chi connectivity index (χ0n) is 16.9. The molecular formula is C24H22N4O2. The summed E-state index contributed by atoms with van der Waals surface area (Å²) in [4.78, 5) is 21.3. The number of hydrogen-bond acceptors (Lipinski definition) is 5. The van der Waals surface area contributed by atoms with Crippen molar-refractivity contribution in [1.29, 1.82) is 0 Å². The van der Waals surface area contributed by atoms with Gasteiger partial charge in [0.25, 0.3) is 0 Å². The Bertz CT molecular complexity index is 1200. The number of carbonyl (C=O) groups excluding carboxylic acids is 1. The van der Waals surface area contributed by atoms with E-state index in [1.807, 2.05) is 66.5 Å². The van der Waals surface area contributed by atoms with E-state index in [0.29, 0.717) is 13.2 Å². The van der Waals surface area contributed by atoms with Gasteiger partial charge in [-0.1, -0.05) is 36.4 Å². The molecule has 30 heavy (non-hydrogen) atoms. The molecule has 1 aromatic carbocycles. The minimum atomic E-state index is -0.391. The summed E-state index contributed by atoms with van der Waals surface area (Å²) in [5.41, 5.74) is 5.22. The fourth-order valence-corrected chi connectivity index (χ4v) is 3.48. The van der Waals surface area contributed by atoms with Crippen LogP contribution < -0.4 is 0 Å². The Balaban J connectivity index is 2.07. The van der Waals surface area contributed by atoms with Crippen LogP contribution in [0.15, 0.2) is 67.1 Å². The van der Waals surface area contributed by atoms with Crippen LogP contribution in [0.5, 0.6) is 0 Å². The Kier molecular flexibility index (Phi) is 5.66. The molecule has 0 aliphatic heterocycles. The van der Waals surface area contributed by atoms with E-state index in [2.05, 4.69) is 10.1 Å². The number of rotatable bonds is 6. The molecule has 4 aromatic rings. The standard InChI is InChI=1S/C24H22N4O2/c1-3-28-24-20(16-26-28)22(18-11-8-14-25-15-18)19(12-13-21(29)30-4-2)23(27-24)17-9-6-5-7-10-17/h5-16H,3-4H2,1-2H3/b13-12+. The van der Waals surface area contributed by atoms with Crippen LogP contribution in [-0.2, 0) is 16.1 Å².